The van der Waals surface area contributed by atoms with Crippen LogP contribution in [0.2, 0.25) is 0 Å². The summed E-state index contributed by atoms with van der Waals surface area (Å²) in [6.07, 6.45) is 2.72. The number of methoxy groups -OCH3 is 1. The van der Waals surface area contributed by atoms with E-state index in [4.69, 9.17) is 4.74 Å². The highest BCUT2D eigenvalue weighted by atomic mass is 32.1. The molecule has 0 atom stereocenters. The van der Waals surface area contributed by atoms with Crippen molar-refractivity contribution in [2.75, 3.05) is 13.7 Å². The maximum absolute atomic E-state index is 9.90. The van der Waals surface area contributed by atoms with E-state index in [2.05, 4.69) is 10.3 Å². The highest BCUT2D eigenvalue weighted by Gasteiger charge is 2.06. The van der Waals surface area contributed by atoms with Crippen LogP contribution in [0.4, 0.5) is 0 Å². The number of ether oxygens (including phenoxy) is 1. The molecule has 18 heavy (non-hydrogen) atoms. The van der Waals surface area contributed by atoms with Crippen LogP contribution in [0.1, 0.15) is 10.6 Å². The Morgan fingerprint density at radius 1 is 1.44 bits per heavy atom. The molecule has 0 aliphatic heterocycles. The maximum atomic E-state index is 9.90. The molecule has 0 unspecified atom stereocenters. The molecular weight excluding hydrogens is 248 g/mol. The van der Waals surface area contributed by atoms with Crippen LogP contribution in [0.5, 0.6) is 11.5 Å². The Morgan fingerprint density at radius 3 is 3.06 bits per heavy atom. The van der Waals surface area contributed by atoms with Crippen LogP contribution in [0, 0.1) is 0 Å². The Morgan fingerprint density at radius 2 is 2.33 bits per heavy atom. The van der Waals surface area contributed by atoms with E-state index in [1.165, 1.54) is 0 Å². The standard InChI is InChI=1S/C13H16N2O2S/c1-17-11-4-2-3-10(13(11)16)9-14-6-5-12-15-7-8-18-12/h2-4,7-8,14,16H,5-6,9H2,1H3. The highest BCUT2D eigenvalue weighted by Crippen LogP contribution is 2.28. The van der Waals surface area contributed by atoms with Gasteiger partial charge in [-0.3, -0.25) is 0 Å². The summed E-state index contributed by atoms with van der Waals surface area (Å²) in [7, 11) is 1.55. The Balaban J connectivity index is 1.83. The third-order valence-corrected chi connectivity index (χ3v) is 3.46. The van der Waals surface area contributed by atoms with Gasteiger partial charge in [-0.2, -0.15) is 0 Å². The molecular formula is C13H16N2O2S. The molecule has 2 aromatic rings. The first-order chi connectivity index (χ1) is 8.81. The summed E-state index contributed by atoms with van der Waals surface area (Å²) < 4.78 is 5.06. The second-order valence-corrected chi connectivity index (χ2v) is 4.80. The van der Waals surface area contributed by atoms with Gasteiger partial charge in [-0.25, -0.2) is 4.98 Å². The minimum Gasteiger partial charge on any atom is -0.504 e. The molecule has 0 spiro atoms. The lowest BCUT2D eigenvalue weighted by Crippen LogP contribution is -2.16. The lowest BCUT2D eigenvalue weighted by atomic mass is 10.2. The summed E-state index contributed by atoms with van der Waals surface area (Å²) >= 11 is 1.66. The molecule has 96 valence electrons. The fraction of sp³-hybridized carbons (Fsp3) is 0.308. The van der Waals surface area contributed by atoms with Crippen molar-refractivity contribution >= 4 is 11.3 Å². The molecule has 0 bridgehead atoms. The van der Waals surface area contributed by atoms with Crippen molar-refractivity contribution in [2.45, 2.75) is 13.0 Å². The van der Waals surface area contributed by atoms with Crippen molar-refractivity contribution in [2.24, 2.45) is 0 Å². The fourth-order valence-corrected chi connectivity index (χ4v) is 2.29. The first kappa shape index (κ1) is 12.9. The van der Waals surface area contributed by atoms with Gasteiger partial charge in [0, 0.05) is 36.7 Å². The summed E-state index contributed by atoms with van der Waals surface area (Å²) in [6, 6.07) is 5.50. The van der Waals surface area contributed by atoms with E-state index in [1.54, 1.807) is 24.5 Å². The van der Waals surface area contributed by atoms with Crippen molar-refractivity contribution in [1.82, 2.24) is 10.3 Å². The normalized spacial score (nSPS) is 10.5. The first-order valence-electron chi connectivity index (χ1n) is 5.75. The number of aromatic nitrogens is 1. The second kappa shape index (κ2) is 6.37. The monoisotopic (exact) mass is 264 g/mol. The van der Waals surface area contributed by atoms with Gasteiger partial charge in [0.05, 0.1) is 12.1 Å². The minimum absolute atomic E-state index is 0.210. The lowest BCUT2D eigenvalue weighted by molar-refractivity contribution is 0.369. The van der Waals surface area contributed by atoms with E-state index in [0.717, 1.165) is 23.5 Å². The van der Waals surface area contributed by atoms with E-state index in [0.29, 0.717) is 12.3 Å². The first-order valence-corrected chi connectivity index (χ1v) is 6.63. The molecule has 4 nitrogen and oxygen atoms in total. The maximum Gasteiger partial charge on any atom is 0.162 e. The number of hydrogen-bond donors (Lipinski definition) is 2. The molecule has 0 saturated heterocycles. The van der Waals surface area contributed by atoms with Crippen LogP contribution in [0.25, 0.3) is 0 Å². The summed E-state index contributed by atoms with van der Waals surface area (Å²) in [4.78, 5) is 4.21. The number of nitrogens with one attached hydrogen (secondary N) is 1. The van der Waals surface area contributed by atoms with Crippen LogP contribution in [0.15, 0.2) is 29.8 Å². The number of aromatic hydroxyl groups is 1. The van der Waals surface area contributed by atoms with Crippen molar-refractivity contribution in [3.8, 4) is 11.5 Å². The molecule has 1 heterocycles. The summed E-state index contributed by atoms with van der Waals surface area (Å²) in [5.74, 6) is 0.718. The summed E-state index contributed by atoms with van der Waals surface area (Å²) in [5.41, 5.74) is 0.841. The largest absolute Gasteiger partial charge is 0.504 e. The van der Waals surface area contributed by atoms with Crippen molar-refractivity contribution in [1.29, 1.82) is 0 Å². The van der Waals surface area contributed by atoms with Gasteiger partial charge >= 0.3 is 0 Å². The predicted molar refractivity (Wildman–Crippen MR) is 72.2 cm³/mol. The van der Waals surface area contributed by atoms with Gasteiger partial charge in [0.1, 0.15) is 0 Å². The van der Waals surface area contributed by atoms with Crippen molar-refractivity contribution in [3.05, 3.63) is 40.3 Å². The van der Waals surface area contributed by atoms with Gasteiger partial charge in [0.15, 0.2) is 11.5 Å². The minimum atomic E-state index is 0.210. The van der Waals surface area contributed by atoms with E-state index in [-0.39, 0.29) is 5.75 Å². The number of rotatable bonds is 6. The van der Waals surface area contributed by atoms with Crippen LogP contribution >= 0.6 is 11.3 Å². The van der Waals surface area contributed by atoms with Gasteiger partial charge in [-0.05, 0) is 6.07 Å². The third kappa shape index (κ3) is 3.21. The molecule has 2 N–H and O–H groups in total. The summed E-state index contributed by atoms with van der Waals surface area (Å²) in [6.45, 7) is 1.46. The Labute approximate surface area is 110 Å². The Kier molecular flexibility index (Phi) is 4.55. The quantitative estimate of drug-likeness (QED) is 0.785. The number of phenolic OH excluding ortho intramolecular Hbond substituents is 1. The van der Waals surface area contributed by atoms with Crippen LogP contribution in [-0.2, 0) is 13.0 Å². The van der Waals surface area contributed by atoms with E-state index < -0.39 is 0 Å². The Bertz CT molecular complexity index is 486. The highest BCUT2D eigenvalue weighted by molar-refractivity contribution is 7.09. The van der Waals surface area contributed by atoms with Crippen molar-refractivity contribution < 1.29 is 9.84 Å². The van der Waals surface area contributed by atoms with Crippen LogP contribution < -0.4 is 10.1 Å². The molecule has 5 heteroatoms. The molecule has 0 aliphatic carbocycles. The molecule has 0 amide bonds. The zero-order chi connectivity index (χ0) is 12.8. The predicted octanol–water partition coefficient (Wildman–Crippen LogP) is 2.19. The average molecular weight is 264 g/mol. The second-order valence-electron chi connectivity index (χ2n) is 3.82. The van der Waals surface area contributed by atoms with Gasteiger partial charge in [0.2, 0.25) is 0 Å². The molecule has 0 aliphatic rings. The van der Waals surface area contributed by atoms with Crippen molar-refractivity contribution in [3.63, 3.8) is 0 Å². The van der Waals surface area contributed by atoms with Crippen LogP contribution in [-0.4, -0.2) is 23.7 Å². The topological polar surface area (TPSA) is 54.4 Å². The molecule has 1 aromatic carbocycles. The molecule has 0 radical (unpaired) electrons. The number of para-hydroxylation sites is 1. The van der Waals surface area contributed by atoms with Gasteiger partial charge in [-0.15, -0.1) is 11.3 Å². The van der Waals surface area contributed by atoms with E-state index in [9.17, 15) is 5.11 Å². The van der Waals surface area contributed by atoms with Crippen LogP contribution in [0.3, 0.4) is 0 Å². The number of phenols is 1. The fourth-order valence-electron chi connectivity index (χ4n) is 1.67. The lowest BCUT2D eigenvalue weighted by Gasteiger charge is -2.09. The average Bonchev–Trinajstić information content (AvgIpc) is 2.89. The number of thiazole rings is 1. The van der Waals surface area contributed by atoms with Gasteiger partial charge in [0.25, 0.3) is 0 Å². The van der Waals surface area contributed by atoms with E-state index in [1.807, 2.05) is 23.7 Å². The van der Waals surface area contributed by atoms with Gasteiger partial charge in [-0.1, -0.05) is 12.1 Å². The SMILES string of the molecule is COc1cccc(CNCCc2nccs2)c1O. The zero-order valence-corrected chi connectivity index (χ0v) is 11.0. The van der Waals surface area contributed by atoms with Gasteiger partial charge < -0.3 is 15.2 Å². The molecule has 2 rings (SSSR count). The number of nitrogens with zero attached hydrogens (tertiary/aromatic N) is 1. The number of hydrogen-bond acceptors (Lipinski definition) is 5. The smallest absolute Gasteiger partial charge is 0.162 e. The third-order valence-electron chi connectivity index (χ3n) is 2.62. The molecule has 0 fully saturated rings. The molecule has 0 saturated carbocycles. The number of benzene rings is 1. The zero-order valence-electron chi connectivity index (χ0n) is 10.2. The summed E-state index contributed by atoms with van der Waals surface area (Å²) in [5, 5.41) is 16.3. The Hall–Kier alpha value is -1.59. The van der Waals surface area contributed by atoms with E-state index >= 15 is 0 Å². The molecule has 1 aromatic heterocycles.